The van der Waals surface area contributed by atoms with Gasteiger partial charge in [0.2, 0.25) is 34.8 Å². The van der Waals surface area contributed by atoms with Crippen molar-refractivity contribution >= 4 is 5.97 Å². The summed E-state index contributed by atoms with van der Waals surface area (Å²) in [6.45, 7) is 4.03. The monoisotopic (exact) mass is 596 g/mol. The van der Waals surface area contributed by atoms with Crippen LogP contribution in [0.15, 0.2) is 0 Å². The van der Waals surface area contributed by atoms with Crippen molar-refractivity contribution in [1.82, 2.24) is 0 Å². The Hall–Kier alpha value is -1.78. The molecule has 0 saturated heterocycles. The molecule has 0 radical (unpaired) electrons. The van der Waals surface area contributed by atoms with Crippen molar-refractivity contribution in [1.29, 1.82) is 0 Å². The van der Waals surface area contributed by atoms with Gasteiger partial charge < -0.3 is 18.9 Å². The van der Waals surface area contributed by atoms with E-state index >= 15 is 0 Å². The Balaban J connectivity index is 1.83. The van der Waals surface area contributed by atoms with Gasteiger partial charge in [0.05, 0.1) is 39.5 Å². The fourth-order valence-electron chi connectivity index (χ4n) is 4.29. The number of halogens is 5. The highest BCUT2D eigenvalue weighted by molar-refractivity contribution is 5.72. The molecule has 0 heterocycles. The van der Waals surface area contributed by atoms with Crippen LogP contribution >= 0.6 is 0 Å². The highest BCUT2D eigenvalue weighted by Gasteiger charge is 2.28. The van der Waals surface area contributed by atoms with E-state index in [4.69, 9.17) is 14.2 Å². The Kier molecular flexibility index (Phi) is 22.5. The van der Waals surface area contributed by atoms with Crippen molar-refractivity contribution in [3.8, 4) is 5.75 Å². The van der Waals surface area contributed by atoms with Gasteiger partial charge in [-0.2, -0.15) is 8.78 Å². The Labute approximate surface area is 242 Å². The SMILES string of the molecule is CCCCCCCCCCCCCCCCCCOCCOCCOCCC(=O)Oc1c(F)c(F)c(F)c(F)c1F. The third-order valence-electron chi connectivity index (χ3n) is 6.72. The molecule has 5 nitrogen and oxygen atoms in total. The zero-order chi connectivity index (χ0) is 30.1. The average molecular weight is 597 g/mol. The fraction of sp³-hybridized carbons (Fsp3) is 0.774. The third-order valence-corrected chi connectivity index (χ3v) is 6.72. The number of benzene rings is 1. The number of ether oxygens (including phenoxy) is 4. The maximum atomic E-state index is 13.5. The van der Waals surface area contributed by atoms with Crippen LogP contribution in [0.3, 0.4) is 0 Å². The molecule has 0 aliphatic carbocycles. The molecule has 10 heteroatoms. The summed E-state index contributed by atoms with van der Waals surface area (Å²) < 4.78 is 86.7. The first kappa shape index (κ1) is 37.2. The highest BCUT2D eigenvalue weighted by atomic mass is 19.2. The topological polar surface area (TPSA) is 54.0 Å². The van der Waals surface area contributed by atoms with E-state index in [1.165, 1.54) is 96.3 Å². The molecule has 0 amide bonds. The van der Waals surface area contributed by atoms with Crippen molar-refractivity contribution in [3.63, 3.8) is 0 Å². The van der Waals surface area contributed by atoms with E-state index in [2.05, 4.69) is 11.7 Å². The predicted octanol–water partition coefficient (Wildman–Crippen LogP) is 8.99. The van der Waals surface area contributed by atoms with Crippen LogP contribution in [0.5, 0.6) is 5.75 Å². The number of rotatable bonds is 27. The molecular formula is C31H49F5O5. The van der Waals surface area contributed by atoms with Crippen molar-refractivity contribution in [2.24, 2.45) is 0 Å². The van der Waals surface area contributed by atoms with Crippen LogP contribution in [0, 0.1) is 29.1 Å². The van der Waals surface area contributed by atoms with Crippen LogP contribution in [-0.2, 0) is 19.0 Å². The van der Waals surface area contributed by atoms with Gasteiger partial charge in [-0.05, 0) is 6.42 Å². The van der Waals surface area contributed by atoms with E-state index in [-0.39, 0.29) is 19.8 Å². The summed E-state index contributed by atoms with van der Waals surface area (Å²) in [5, 5.41) is 0. The molecule has 0 saturated carbocycles. The summed E-state index contributed by atoms with van der Waals surface area (Å²) in [7, 11) is 0. The van der Waals surface area contributed by atoms with E-state index in [0.717, 1.165) is 6.42 Å². The van der Waals surface area contributed by atoms with Gasteiger partial charge >= 0.3 is 5.97 Å². The lowest BCUT2D eigenvalue weighted by Gasteiger charge is -2.09. The van der Waals surface area contributed by atoms with Crippen LogP contribution < -0.4 is 4.74 Å². The summed E-state index contributed by atoms with van der Waals surface area (Å²) in [4.78, 5) is 11.6. The van der Waals surface area contributed by atoms with Crippen LogP contribution in [0.25, 0.3) is 0 Å². The Morgan fingerprint density at radius 1 is 0.463 bits per heavy atom. The second-order valence-corrected chi connectivity index (χ2v) is 10.3. The molecule has 0 spiro atoms. The highest BCUT2D eigenvalue weighted by Crippen LogP contribution is 2.29. The number of carbonyl (C=O) groups excluding carboxylic acids is 1. The first-order chi connectivity index (χ1) is 19.9. The minimum absolute atomic E-state index is 0.148. The molecule has 0 unspecified atom stereocenters. The largest absolute Gasteiger partial charge is 0.420 e. The molecule has 0 bridgehead atoms. The molecule has 238 valence electrons. The van der Waals surface area contributed by atoms with Gasteiger partial charge in [-0.15, -0.1) is 0 Å². The molecule has 0 aliphatic rings. The minimum Gasteiger partial charge on any atom is -0.420 e. The molecule has 0 aromatic heterocycles. The average Bonchev–Trinajstić information content (AvgIpc) is 2.97. The quantitative estimate of drug-likeness (QED) is 0.0253. The molecule has 1 aromatic carbocycles. The van der Waals surface area contributed by atoms with Crippen LogP contribution in [-0.4, -0.2) is 45.6 Å². The van der Waals surface area contributed by atoms with Gasteiger partial charge in [-0.3, -0.25) is 4.79 Å². The Morgan fingerprint density at radius 2 is 0.805 bits per heavy atom. The van der Waals surface area contributed by atoms with Crippen LogP contribution in [0.1, 0.15) is 116 Å². The fourth-order valence-corrected chi connectivity index (χ4v) is 4.29. The number of unbranched alkanes of at least 4 members (excludes halogenated alkanes) is 15. The summed E-state index contributed by atoms with van der Waals surface area (Å²) in [5.41, 5.74) is 0. The molecule has 0 N–H and O–H groups in total. The van der Waals surface area contributed by atoms with Crippen LogP contribution in [0.2, 0.25) is 0 Å². The van der Waals surface area contributed by atoms with Gasteiger partial charge in [-0.25, -0.2) is 13.2 Å². The molecule has 0 aliphatic heterocycles. The summed E-state index contributed by atoms with van der Waals surface area (Å²) >= 11 is 0. The van der Waals surface area contributed by atoms with Gasteiger partial charge in [0.1, 0.15) is 0 Å². The number of hydrogen-bond donors (Lipinski definition) is 0. The third kappa shape index (κ3) is 17.7. The van der Waals surface area contributed by atoms with Gasteiger partial charge in [0.25, 0.3) is 0 Å². The maximum Gasteiger partial charge on any atom is 0.313 e. The predicted molar refractivity (Wildman–Crippen MR) is 148 cm³/mol. The maximum absolute atomic E-state index is 13.5. The second-order valence-electron chi connectivity index (χ2n) is 10.3. The van der Waals surface area contributed by atoms with Crippen molar-refractivity contribution in [2.45, 2.75) is 116 Å². The molecule has 1 aromatic rings. The molecule has 41 heavy (non-hydrogen) atoms. The van der Waals surface area contributed by atoms with Gasteiger partial charge in [-0.1, -0.05) is 103 Å². The van der Waals surface area contributed by atoms with Crippen molar-refractivity contribution in [3.05, 3.63) is 29.1 Å². The minimum atomic E-state index is -2.33. The van der Waals surface area contributed by atoms with Gasteiger partial charge in [0.15, 0.2) is 0 Å². The summed E-state index contributed by atoms with van der Waals surface area (Å²) in [6.07, 6.45) is 20.8. The lowest BCUT2D eigenvalue weighted by molar-refractivity contribution is -0.136. The van der Waals surface area contributed by atoms with Crippen LogP contribution in [0.4, 0.5) is 22.0 Å². The first-order valence-corrected chi connectivity index (χ1v) is 15.3. The van der Waals surface area contributed by atoms with E-state index < -0.39 is 47.2 Å². The van der Waals surface area contributed by atoms with E-state index in [9.17, 15) is 26.7 Å². The molecular weight excluding hydrogens is 547 g/mol. The Morgan fingerprint density at radius 3 is 1.24 bits per heavy atom. The number of esters is 1. The standard InChI is InChI=1S/C31H49F5O5/c1-2-3-4-5-6-7-8-9-10-11-12-13-14-15-16-17-19-38-21-23-40-24-22-39-20-18-25(37)41-31-29(35)27(33)26(32)28(34)30(31)36/h2-24H2,1H3. The van der Waals surface area contributed by atoms with E-state index in [1.54, 1.807) is 0 Å². The molecule has 0 fully saturated rings. The lowest BCUT2D eigenvalue weighted by atomic mass is 10.0. The van der Waals surface area contributed by atoms with Gasteiger partial charge in [0, 0.05) is 6.61 Å². The number of hydrogen-bond acceptors (Lipinski definition) is 5. The first-order valence-electron chi connectivity index (χ1n) is 15.3. The second kappa shape index (κ2) is 24.8. The van der Waals surface area contributed by atoms with E-state index in [1.807, 2.05) is 0 Å². The lowest BCUT2D eigenvalue weighted by Crippen LogP contribution is -2.16. The van der Waals surface area contributed by atoms with Crippen molar-refractivity contribution in [2.75, 3.05) is 39.6 Å². The van der Waals surface area contributed by atoms with Crippen molar-refractivity contribution < 1.29 is 45.7 Å². The summed E-state index contributed by atoms with van der Waals surface area (Å²) in [5.74, 6) is -13.9. The van der Waals surface area contributed by atoms with E-state index in [0.29, 0.717) is 19.8 Å². The summed E-state index contributed by atoms with van der Waals surface area (Å²) in [6, 6.07) is 0. The zero-order valence-corrected chi connectivity index (χ0v) is 24.7. The molecule has 1 rings (SSSR count). The zero-order valence-electron chi connectivity index (χ0n) is 24.7. The number of carbonyl (C=O) groups is 1. The smallest absolute Gasteiger partial charge is 0.313 e. The molecule has 0 atom stereocenters. The normalized spacial score (nSPS) is 11.4. The Bertz CT molecular complexity index is 796.